The molecule has 0 aliphatic carbocycles. The molecule has 0 unspecified atom stereocenters. The Morgan fingerprint density at radius 3 is 2.94 bits per heavy atom. The van der Waals surface area contributed by atoms with Crippen LogP contribution in [0.15, 0.2) is 18.2 Å². The van der Waals surface area contributed by atoms with E-state index >= 15 is 0 Å². The van der Waals surface area contributed by atoms with Crippen LogP contribution in [0.4, 0.5) is 0 Å². The van der Waals surface area contributed by atoms with Gasteiger partial charge in [-0.15, -0.1) is 0 Å². The van der Waals surface area contributed by atoms with Crippen molar-refractivity contribution in [1.82, 2.24) is 0 Å². The van der Waals surface area contributed by atoms with Crippen molar-refractivity contribution in [2.24, 2.45) is 5.73 Å². The average molecular weight is 502 g/mol. The van der Waals surface area contributed by atoms with E-state index in [-0.39, 0.29) is 19.6 Å². The fraction of sp³-hybridized carbons (Fsp3) is 0.364. The first kappa shape index (κ1) is 13.5. The van der Waals surface area contributed by atoms with Crippen LogP contribution in [0, 0.1) is 0 Å². The van der Waals surface area contributed by atoms with Crippen molar-refractivity contribution in [3.05, 3.63) is 23.8 Å². The van der Waals surface area contributed by atoms with Gasteiger partial charge in [0.25, 0.3) is 0 Å². The minimum Gasteiger partial charge on any atom is -0.482 e. The normalized spacial score (nSPS) is 17.0. The van der Waals surface area contributed by atoms with E-state index in [2.05, 4.69) is 0 Å². The smallest absolute Gasteiger partial charge is 0.341 e. The molecule has 1 aromatic rings. The van der Waals surface area contributed by atoms with Gasteiger partial charge in [0.1, 0.15) is 5.75 Å². The zero-order chi connectivity index (χ0) is 12.4. The van der Waals surface area contributed by atoms with Crippen molar-refractivity contribution in [2.45, 2.75) is 12.9 Å². The van der Waals surface area contributed by atoms with E-state index in [9.17, 15) is 4.79 Å². The molecule has 1 aliphatic heterocycles. The van der Waals surface area contributed by atoms with Gasteiger partial charge in [-0.1, -0.05) is 12.9 Å². The molecule has 0 radical (unpaired) electrons. The van der Waals surface area contributed by atoms with Crippen LogP contribution in [0.25, 0.3) is 0 Å². The summed E-state index contributed by atoms with van der Waals surface area (Å²) in [5, 5.41) is 8.53. The summed E-state index contributed by atoms with van der Waals surface area (Å²) < 4.78 is 10.8. The Balaban J connectivity index is 0.00000162. The van der Waals surface area contributed by atoms with Crippen LogP contribution < -0.4 is 15.9 Å². The quantitative estimate of drug-likeness (QED) is 0.568. The number of aliphatic carboxylic acids is 1. The van der Waals surface area contributed by atoms with Crippen molar-refractivity contribution < 1.29 is 19.3 Å². The number of carboxylic acids is 1. The van der Waals surface area contributed by atoms with Crippen molar-refractivity contribution in [3.8, 4) is 5.75 Å². The van der Waals surface area contributed by atoms with Gasteiger partial charge in [-0.2, -0.15) is 0 Å². The third-order valence-electron chi connectivity index (χ3n) is 2.79. The van der Waals surface area contributed by atoms with Gasteiger partial charge in [0, 0.05) is 6.54 Å². The molecule has 7 heteroatoms. The minimum atomic E-state index is -0.991. The number of fused-ring (bicyclic) bond motifs is 1. The second-order valence-corrected chi connectivity index (χ2v) is 3.98. The Morgan fingerprint density at radius 1 is 1.61 bits per heavy atom. The molecule has 3 N–H and O–H groups in total. The minimum absolute atomic E-state index is 0. The van der Waals surface area contributed by atoms with Crippen LogP contribution in [-0.2, 0) is 9.45 Å². The van der Waals surface area contributed by atoms with E-state index < -0.39 is 5.97 Å². The van der Waals surface area contributed by atoms with E-state index in [1.54, 1.807) is 6.07 Å². The van der Waals surface area contributed by atoms with Crippen LogP contribution in [0.1, 0.15) is 11.7 Å². The summed E-state index contributed by atoms with van der Waals surface area (Å²) in [5.74, 6) is -0.450. The molecule has 0 amide bonds. The van der Waals surface area contributed by atoms with Crippen LogP contribution in [-0.4, -0.2) is 31.1 Å². The fourth-order valence-electron chi connectivity index (χ4n) is 2.01. The number of carbonyl (C=O) groups is 1. The van der Waals surface area contributed by atoms with Gasteiger partial charge in [-0.3, -0.25) is 0 Å². The number of ether oxygens (including phenoxy) is 1. The summed E-state index contributed by atoms with van der Waals surface area (Å²) in [6, 6.07) is 5.44. The monoisotopic (exact) mass is 502 g/mol. The summed E-state index contributed by atoms with van der Waals surface area (Å²) in [7, 11) is 0. The number of carboxylic acid groups (broad SMARTS) is 1. The van der Waals surface area contributed by atoms with Crippen molar-refractivity contribution in [2.75, 3.05) is 13.2 Å². The van der Waals surface area contributed by atoms with E-state index in [0.717, 1.165) is 11.0 Å². The third-order valence-corrected chi connectivity index (χ3v) is 2.79. The van der Waals surface area contributed by atoms with Crippen LogP contribution in [0.5, 0.6) is 5.75 Å². The van der Waals surface area contributed by atoms with Gasteiger partial charge in [0.15, 0.2) is 6.61 Å². The third kappa shape index (κ3) is 2.41. The molecule has 92 valence electrons. The van der Waals surface area contributed by atoms with E-state index in [1.807, 2.05) is 19.0 Å². The number of rotatable bonds is 4. The molecule has 1 atom stereocenters. The van der Waals surface area contributed by atoms with Crippen LogP contribution >= 0.6 is 0 Å². The molecular weight excluding hydrogens is 488 g/mol. The average Bonchev–Trinajstić information content (AvgIpc) is 2.63. The maximum Gasteiger partial charge on any atom is 0.341 e. The zero-order valence-corrected chi connectivity index (χ0v) is 16.7. The number of nitrogens with two attached hydrogens (primary N) is 1. The summed E-state index contributed by atoms with van der Waals surface area (Å²) in [6.07, 6.45) is -0.0754. The second-order valence-electron chi connectivity index (χ2n) is 3.98. The van der Waals surface area contributed by atoms with Crippen molar-refractivity contribution >= 4 is 18.3 Å². The second kappa shape index (κ2) is 5.20. The van der Waals surface area contributed by atoms with E-state index in [1.165, 1.54) is 0 Å². The Morgan fingerprint density at radius 2 is 2.33 bits per heavy atom. The fourth-order valence-corrected chi connectivity index (χ4v) is 2.01. The Bertz CT molecular complexity index is 443. The van der Waals surface area contributed by atoms with Gasteiger partial charge >= 0.3 is 12.9 Å². The van der Waals surface area contributed by atoms with Crippen molar-refractivity contribution in [3.63, 3.8) is 0 Å². The Kier molecular flexibility index (Phi) is 3.91. The topological polar surface area (TPSA) is 81.8 Å². The van der Waals surface area contributed by atoms with E-state index in [0.29, 0.717) is 12.3 Å². The molecule has 0 saturated heterocycles. The van der Waals surface area contributed by atoms with Crippen LogP contribution in [0.3, 0.4) is 0 Å². The van der Waals surface area contributed by atoms with Gasteiger partial charge in [-0.25, -0.2) is 4.79 Å². The summed E-state index contributed by atoms with van der Waals surface area (Å²) in [6.45, 7) is 2.00. The number of hydrogen-bond donors (Lipinski definition) is 2. The van der Waals surface area contributed by atoms with Gasteiger partial charge in [-0.05, 0) is 23.2 Å². The summed E-state index contributed by atoms with van der Waals surface area (Å²) >= 11 is 0. The molecule has 0 fully saturated rings. The predicted molar refractivity (Wildman–Crippen MR) is 63.7 cm³/mol. The number of benzene rings is 1. The maximum absolute atomic E-state index is 10.4. The number of hydrogen-bond acceptors (Lipinski definition) is 4. The van der Waals surface area contributed by atoms with Gasteiger partial charge < -0.3 is 20.2 Å². The maximum atomic E-state index is 10.4. The first-order valence-electron chi connectivity index (χ1n) is 5.45. The molecule has 1 aliphatic rings. The summed E-state index contributed by atoms with van der Waals surface area (Å²) in [5.41, 5.74) is 7.69. The first-order valence-corrected chi connectivity index (χ1v) is 5.45. The molecule has 0 spiro atoms. The molecule has 5 nitrogen and oxygen atoms in total. The summed E-state index contributed by atoms with van der Waals surface area (Å²) in [4.78, 5) is 10.4. The SMILES string of the molecule is CB1O[C@@H](CN)c2ccc(OCC(=O)O)cc21.[Rf]. The molecule has 0 saturated carbocycles. The predicted octanol–water partition coefficient (Wildman–Crippen LogP) is 0.00830. The molecule has 2 rings (SSSR count). The largest absolute Gasteiger partial charge is 0.482 e. The molecule has 0 aromatic heterocycles. The molecule has 1 aromatic carbocycles. The standard InChI is InChI=1S/C11H14BNO4.Rf/c1-12-9-4-7(16-6-11(14)15)2-3-8(9)10(5-13)17-12;/h2-4,10H,5-6,13H2,1H3,(H,14,15);/t10-;/m0./s1. The van der Waals surface area contributed by atoms with Gasteiger partial charge in [0.05, 0.1) is 6.10 Å². The van der Waals surface area contributed by atoms with Crippen LogP contribution in [0.2, 0.25) is 6.82 Å². The molecular formula is C11H14BNO4Rf. The zero-order valence-electron chi connectivity index (χ0n) is 10.3. The molecule has 1 heterocycles. The Hall–Kier alpha value is -2.53. The van der Waals surface area contributed by atoms with E-state index in [4.69, 9.17) is 20.2 Å². The first-order chi connectivity index (χ1) is 8.11. The van der Waals surface area contributed by atoms with Crippen molar-refractivity contribution in [1.29, 1.82) is 0 Å². The Labute approximate surface area is 99.6 Å². The molecule has 0 bridgehead atoms. The molecule has 18 heavy (non-hydrogen) atoms. The van der Waals surface area contributed by atoms with Gasteiger partial charge in [0.2, 0.25) is 0 Å².